The first-order valence-electron chi connectivity index (χ1n) is 5.62. The molecule has 0 unspecified atom stereocenters. The molecule has 2 aromatic rings. The Morgan fingerprint density at radius 3 is 2.60 bits per heavy atom. The Morgan fingerprint density at radius 1 is 1.25 bits per heavy atom. The highest BCUT2D eigenvalue weighted by Crippen LogP contribution is 2.31. The van der Waals surface area contributed by atoms with Crippen LogP contribution in [-0.2, 0) is 4.74 Å². The van der Waals surface area contributed by atoms with Crippen LogP contribution < -0.4 is 10.5 Å². The zero-order valence-electron chi connectivity index (χ0n) is 10.5. The summed E-state index contributed by atoms with van der Waals surface area (Å²) in [6, 6.07) is 9.42. The Morgan fingerprint density at radius 2 is 1.95 bits per heavy atom. The smallest absolute Gasteiger partial charge is 0.340 e. The van der Waals surface area contributed by atoms with Crippen molar-refractivity contribution in [3.8, 4) is 11.5 Å². The van der Waals surface area contributed by atoms with Crippen molar-refractivity contribution >= 4 is 34.2 Å². The maximum absolute atomic E-state index is 13.9. The Kier molecular flexibility index (Phi) is 4.43. The molecule has 0 aliphatic heterocycles. The second-order valence-corrected chi connectivity index (χ2v) is 5.06. The number of hydrogen-bond acceptors (Lipinski definition) is 4. The number of methoxy groups -OCH3 is 1. The van der Waals surface area contributed by atoms with Gasteiger partial charge in [-0.25, -0.2) is 9.18 Å². The minimum absolute atomic E-state index is 0.00413. The van der Waals surface area contributed by atoms with E-state index in [4.69, 9.17) is 10.5 Å². The Balaban J connectivity index is 2.42. The lowest BCUT2D eigenvalue weighted by molar-refractivity contribution is 0.0601. The molecule has 0 radical (unpaired) electrons. The van der Waals surface area contributed by atoms with Crippen molar-refractivity contribution in [2.24, 2.45) is 0 Å². The zero-order chi connectivity index (χ0) is 14.7. The summed E-state index contributed by atoms with van der Waals surface area (Å²) in [5.74, 6) is -0.874. The second-order valence-electron chi connectivity index (χ2n) is 3.89. The molecular formula is C14H11FINO3. The number of carbonyl (C=O) groups excluding carboxylic acids is 1. The molecule has 0 heterocycles. The SMILES string of the molecule is COC(=O)c1cc(Oc2ccccc2I)c(F)cc1N. The van der Waals surface area contributed by atoms with Crippen LogP contribution in [0.3, 0.4) is 0 Å². The Bertz CT molecular complexity index is 661. The van der Waals surface area contributed by atoms with E-state index in [0.29, 0.717) is 5.75 Å². The maximum Gasteiger partial charge on any atom is 0.340 e. The number of carbonyl (C=O) groups is 1. The van der Waals surface area contributed by atoms with Crippen LogP contribution in [0.25, 0.3) is 0 Å². The van der Waals surface area contributed by atoms with Gasteiger partial charge in [-0.15, -0.1) is 0 Å². The predicted octanol–water partition coefficient (Wildman–Crippen LogP) is 3.59. The highest BCUT2D eigenvalue weighted by molar-refractivity contribution is 14.1. The van der Waals surface area contributed by atoms with E-state index < -0.39 is 11.8 Å². The Hall–Kier alpha value is -1.83. The van der Waals surface area contributed by atoms with Gasteiger partial charge in [0.1, 0.15) is 5.75 Å². The third-order valence-corrected chi connectivity index (χ3v) is 3.46. The lowest BCUT2D eigenvalue weighted by Crippen LogP contribution is -2.07. The van der Waals surface area contributed by atoms with Gasteiger partial charge in [-0.2, -0.15) is 0 Å². The number of nitrogens with two attached hydrogens (primary N) is 1. The molecule has 2 N–H and O–H groups in total. The highest BCUT2D eigenvalue weighted by atomic mass is 127. The van der Waals surface area contributed by atoms with Crippen LogP contribution in [0.4, 0.5) is 10.1 Å². The van der Waals surface area contributed by atoms with Gasteiger partial charge in [0.25, 0.3) is 0 Å². The van der Waals surface area contributed by atoms with Gasteiger partial charge in [0.2, 0.25) is 0 Å². The molecule has 0 amide bonds. The second kappa shape index (κ2) is 6.08. The van der Waals surface area contributed by atoms with Gasteiger partial charge >= 0.3 is 5.97 Å². The summed E-state index contributed by atoms with van der Waals surface area (Å²) in [6.07, 6.45) is 0. The number of nitrogen functional groups attached to an aromatic ring is 1. The first-order valence-corrected chi connectivity index (χ1v) is 6.70. The van der Waals surface area contributed by atoms with Gasteiger partial charge in [-0.05, 0) is 34.7 Å². The standard InChI is InChI=1S/C14H11FINO3/c1-19-14(18)8-6-13(9(15)7-11(8)17)20-12-5-3-2-4-10(12)16/h2-7H,17H2,1H3. The van der Waals surface area contributed by atoms with Crippen molar-refractivity contribution in [3.05, 3.63) is 51.3 Å². The van der Waals surface area contributed by atoms with Gasteiger partial charge in [0.15, 0.2) is 11.6 Å². The van der Waals surface area contributed by atoms with E-state index in [9.17, 15) is 9.18 Å². The molecule has 0 atom stereocenters. The van der Waals surface area contributed by atoms with E-state index in [1.165, 1.54) is 13.2 Å². The molecule has 0 fully saturated rings. The average Bonchev–Trinajstić information content (AvgIpc) is 2.43. The molecule has 2 aromatic carbocycles. The molecule has 104 valence electrons. The molecule has 20 heavy (non-hydrogen) atoms. The van der Waals surface area contributed by atoms with Crippen molar-refractivity contribution in [3.63, 3.8) is 0 Å². The fraction of sp³-hybridized carbons (Fsp3) is 0.0714. The average molecular weight is 387 g/mol. The fourth-order valence-electron chi connectivity index (χ4n) is 1.58. The molecule has 0 saturated heterocycles. The first-order chi connectivity index (χ1) is 9.52. The van der Waals surface area contributed by atoms with E-state index >= 15 is 0 Å². The van der Waals surface area contributed by atoms with Gasteiger partial charge in [-0.1, -0.05) is 12.1 Å². The fourth-order valence-corrected chi connectivity index (χ4v) is 2.08. The van der Waals surface area contributed by atoms with Crippen LogP contribution in [0.1, 0.15) is 10.4 Å². The molecule has 0 aliphatic rings. The lowest BCUT2D eigenvalue weighted by Gasteiger charge is -2.11. The van der Waals surface area contributed by atoms with Crippen molar-refractivity contribution < 1.29 is 18.7 Å². The van der Waals surface area contributed by atoms with Crippen LogP contribution >= 0.6 is 22.6 Å². The third kappa shape index (κ3) is 3.01. The third-order valence-electron chi connectivity index (χ3n) is 2.57. The van der Waals surface area contributed by atoms with Gasteiger partial charge in [0.05, 0.1) is 16.2 Å². The number of hydrogen-bond donors (Lipinski definition) is 1. The van der Waals surface area contributed by atoms with Crippen LogP contribution in [0.2, 0.25) is 0 Å². The van der Waals surface area contributed by atoms with E-state index in [1.807, 2.05) is 12.1 Å². The summed E-state index contributed by atoms with van der Waals surface area (Å²) < 4.78 is 24.7. The van der Waals surface area contributed by atoms with E-state index in [1.54, 1.807) is 12.1 Å². The number of esters is 1. The van der Waals surface area contributed by atoms with Gasteiger partial charge in [-0.3, -0.25) is 0 Å². The highest BCUT2D eigenvalue weighted by Gasteiger charge is 2.16. The molecule has 0 aliphatic carbocycles. The number of ether oxygens (including phenoxy) is 2. The predicted molar refractivity (Wildman–Crippen MR) is 81.4 cm³/mol. The van der Waals surface area contributed by atoms with E-state index in [-0.39, 0.29) is 17.0 Å². The lowest BCUT2D eigenvalue weighted by atomic mass is 10.1. The molecule has 6 heteroatoms. The largest absolute Gasteiger partial charge is 0.465 e. The number of rotatable bonds is 3. The molecular weight excluding hydrogens is 376 g/mol. The number of para-hydroxylation sites is 1. The summed E-state index contributed by atoms with van der Waals surface area (Å²) in [4.78, 5) is 11.5. The molecule has 0 spiro atoms. The molecule has 0 saturated carbocycles. The summed E-state index contributed by atoms with van der Waals surface area (Å²) >= 11 is 2.07. The summed E-state index contributed by atoms with van der Waals surface area (Å²) in [7, 11) is 1.23. The number of halogens is 2. The normalized spacial score (nSPS) is 10.2. The summed E-state index contributed by atoms with van der Waals surface area (Å²) in [6.45, 7) is 0. The van der Waals surface area contributed by atoms with Gasteiger partial charge < -0.3 is 15.2 Å². The minimum Gasteiger partial charge on any atom is -0.465 e. The van der Waals surface area contributed by atoms with Crippen LogP contribution in [0.15, 0.2) is 36.4 Å². The van der Waals surface area contributed by atoms with E-state index in [2.05, 4.69) is 27.3 Å². The van der Waals surface area contributed by atoms with Crippen molar-refractivity contribution in [2.75, 3.05) is 12.8 Å². The van der Waals surface area contributed by atoms with Crippen LogP contribution in [0, 0.1) is 9.39 Å². The first kappa shape index (κ1) is 14.6. The quantitative estimate of drug-likeness (QED) is 0.497. The van der Waals surface area contributed by atoms with Crippen LogP contribution in [0.5, 0.6) is 11.5 Å². The minimum atomic E-state index is -0.644. The summed E-state index contributed by atoms with van der Waals surface area (Å²) in [5, 5.41) is 0. The summed E-state index contributed by atoms with van der Waals surface area (Å²) in [5.41, 5.74) is 5.66. The number of benzene rings is 2. The monoisotopic (exact) mass is 387 g/mol. The Labute approximate surface area is 128 Å². The zero-order valence-corrected chi connectivity index (χ0v) is 12.7. The van der Waals surface area contributed by atoms with Gasteiger partial charge in [0, 0.05) is 17.8 Å². The maximum atomic E-state index is 13.9. The molecule has 0 aromatic heterocycles. The molecule has 4 nitrogen and oxygen atoms in total. The molecule has 2 rings (SSSR count). The van der Waals surface area contributed by atoms with E-state index in [0.717, 1.165) is 9.64 Å². The topological polar surface area (TPSA) is 61.5 Å². The number of anilines is 1. The van der Waals surface area contributed by atoms with Crippen molar-refractivity contribution in [1.82, 2.24) is 0 Å². The molecule has 0 bridgehead atoms. The van der Waals surface area contributed by atoms with Crippen molar-refractivity contribution in [1.29, 1.82) is 0 Å². The van der Waals surface area contributed by atoms with Crippen molar-refractivity contribution in [2.45, 2.75) is 0 Å². The van der Waals surface area contributed by atoms with Crippen LogP contribution in [-0.4, -0.2) is 13.1 Å².